The molecule has 1 atom stereocenters. The fraction of sp³-hybridized carbons (Fsp3) is 0.467. The Kier molecular flexibility index (Phi) is 4.60. The van der Waals surface area contributed by atoms with Gasteiger partial charge in [0.15, 0.2) is 0 Å². The van der Waals surface area contributed by atoms with Gasteiger partial charge in [0.2, 0.25) is 0 Å². The van der Waals surface area contributed by atoms with E-state index in [-0.39, 0.29) is 11.9 Å². The quantitative estimate of drug-likeness (QED) is 0.886. The van der Waals surface area contributed by atoms with E-state index in [1.807, 2.05) is 6.07 Å². The lowest BCUT2D eigenvalue weighted by atomic mass is 9.95. The molecule has 0 bridgehead atoms. The van der Waals surface area contributed by atoms with Crippen LogP contribution in [0.5, 0.6) is 0 Å². The number of nitrogens with two attached hydrogens (primary N) is 1. The molecule has 1 unspecified atom stereocenters. The van der Waals surface area contributed by atoms with Gasteiger partial charge >= 0.3 is 0 Å². The van der Waals surface area contributed by atoms with E-state index < -0.39 is 0 Å². The molecule has 5 heteroatoms. The normalized spacial score (nSPS) is 12.8. The van der Waals surface area contributed by atoms with Crippen molar-refractivity contribution in [3.8, 4) is 0 Å². The molecule has 0 aromatic carbocycles. The standard InChI is InChI=1S/C15H21N3OS/c1-4-10(5-2)9(3)18-15(19)14-13(16)11-6-7-17-8-12(11)20-14/h6-10H,4-5,16H2,1-3H3,(H,18,19). The van der Waals surface area contributed by atoms with Crippen LogP contribution < -0.4 is 11.1 Å². The number of carbonyl (C=O) groups excluding carboxylic acids is 1. The number of nitrogens with one attached hydrogen (secondary N) is 1. The second kappa shape index (κ2) is 6.22. The van der Waals surface area contributed by atoms with E-state index in [4.69, 9.17) is 5.73 Å². The second-order valence-corrected chi connectivity index (χ2v) is 6.11. The minimum absolute atomic E-state index is 0.0805. The third-order valence-electron chi connectivity index (χ3n) is 3.85. The van der Waals surface area contributed by atoms with Gasteiger partial charge in [0, 0.05) is 23.8 Å². The van der Waals surface area contributed by atoms with Crippen LogP contribution in [0.15, 0.2) is 18.5 Å². The molecule has 1 amide bonds. The van der Waals surface area contributed by atoms with Crippen molar-refractivity contribution < 1.29 is 4.79 Å². The average molecular weight is 291 g/mol. The Morgan fingerprint density at radius 2 is 2.15 bits per heavy atom. The van der Waals surface area contributed by atoms with Gasteiger partial charge in [-0.05, 0) is 18.9 Å². The molecule has 0 aliphatic carbocycles. The lowest BCUT2D eigenvalue weighted by Crippen LogP contribution is -2.37. The number of aromatic nitrogens is 1. The average Bonchev–Trinajstić information content (AvgIpc) is 2.78. The number of hydrogen-bond acceptors (Lipinski definition) is 4. The van der Waals surface area contributed by atoms with Crippen LogP contribution in [0.25, 0.3) is 10.1 Å². The van der Waals surface area contributed by atoms with Gasteiger partial charge in [-0.15, -0.1) is 11.3 Å². The van der Waals surface area contributed by atoms with Crippen molar-refractivity contribution in [3.05, 3.63) is 23.3 Å². The van der Waals surface area contributed by atoms with Gasteiger partial charge < -0.3 is 11.1 Å². The highest BCUT2D eigenvalue weighted by Gasteiger charge is 2.20. The van der Waals surface area contributed by atoms with Crippen molar-refractivity contribution in [2.75, 3.05) is 5.73 Å². The molecule has 108 valence electrons. The Hall–Kier alpha value is -1.62. The number of rotatable bonds is 5. The molecular weight excluding hydrogens is 270 g/mol. The van der Waals surface area contributed by atoms with Crippen LogP contribution in [0.1, 0.15) is 43.3 Å². The molecule has 0 aliphatic rings. The number of anilines is 1. The molecule has 4 nitrogen and oxygen atoms in total. The predicted molar refractivity (Wildman–Crippen MR) is 85.0 cm³/mol. The third kappa shape index (κ3) is 2.77. The number of pyridine rings is 1. The monoisotopic (exact) mass is 291 g/mol. The lowest BCUT2D eigenvalue weighted by Gasteiger charge is -2.22. The van der Waals surface area contributed by atoms with E-state index >= 15 is 0 Å². The van der Waals surface area contributed by atoms with Gasteiger partial charge in [0.05, 0.1) is 10.4 Å². The highest BCUT2D eigenvalue weighted by atomic mass is 32.1. The van der Waals surface area contributed by atoms with Gasteiger partial charge in [0.1, 0.15) is 4.88 Å². The van der Waals surface area contributed by atoms with Gasteiger partial charge in [-0.3, -0.25) is 9.78 Å². The van der Waals surface area contributed by atoms with E-state index in [1.165, 1.54) is 11.3 Å². The molecule has 0 saturated carbocycles. The van der Waals surface area contributed by atoms with Crippen LogP contribution in [0.4, 0.5) is 5.69 Å². The summed E-state index contributed by atoms with van der Waals surface area (Å²) in [4.78, 5) is 17.0. The summed E-state index contributed by atoms with van der Waals surface area (Å²) in [7, 11) is 0. The topological polar surface area (TPSA) is 68.0 Å². The summed E-state index contributed by atoms with van der Waals surface area (Å²) in [5.41, 5.74) is 6.64. The fourth-order valence-electron chi connectivity index (χ4n) is 2.53. The zero-order chi connectivity index (χ0) is 14.7. The molecule has 2 heterocycles. The Morgan fingerprint density at radius 1 is 1.45 bits per heavy atom. The van der Waals surface area contributed by atoms with Crippen molar-refractivity contribution in [1.82, 2.24) is 10.3 Å². The molecule has 0 aliphatic heterocycles. The highest BCUT2D eigenvalue weighted by molar-refractivity contribution is 7.21. The van der Waals surface area contributed by atoms with Crippen LogP contribution in [0, 0.1) is 5.92 Å². The Balaban J connectivity index is 2.21. The van der Waals surface area contributed by atoms with Crippen molar-refractivity contribution in [2.45, 2.75) is 39.7 Å². The van der Waals surface area contributed by atoms with Gasteiger partial charge in [-0.25, -0.2) is 0 Å². The molecular formula is C15H21N3OS. The molecule has 3 N–H and O–H groups in total. The molecule has 2 aromatic heterocycles. The maximum Gasteiger partial charge on any atom is 0.263 e. The van der Waals surface area contributed by atoms with Gasteiger partial charge in [-0.2, -0.15) is 0 Å². The number of amides is 1. The zero-order valence-corrected chi connectivity index (χ0v) is 13.0. The number of nitrogen functional groups attached to an aromatic ring is 1. The molecule has 20 heavy (non-hydrogen) atoms. The van der Waals surface area contributed by atoms with Crippen molar-refractivity contribution >= 4 is 33.0 Å². The Morgan fingerprint density at radius 3 is 2.75 bits per heavy atom. The minimum Gasteiger partial charge on any atom is -0.397 e. The van der Waals surface area contributed by atoms with Crippen LogP contribution in [0.3, 0.4) is 0 Å². The van der Waals surface area contributed by atoms with E-state index in [9.17, 15) is 4.79 Å². The van der Waals surface area contributed by atoms with Gasteiger partial charge in [-0.1, -0.05) is 26.7 Å². The van der Waals surface area contributed by atoms with Crippen molar-refractivity contribution in [3.63, 3.8) is 0 Å². The number of fused-ring (bicyclic) bond motifs is 1. The Labute approximate surface area is 123 Å². The van der Waals surface area contributed by atoms with E-state index in [1.54, 1.807) is 12.4 Å². The first kappa shape index (κ1) is 14.8. The summed E-state index contributed by atoms with van der Waals surface area (Å²) in [6, 6.07) is 2.00. The molecule has 0 spiro atoms. The zero-order valence-electron chi connectivity index (χ0n) is 12.1. The molecule has 0 fully saturated rings. The van der Waals surface area contributed by atoms with Crippen LogP contribution in [-0.4, -0.2) is 16.9 Å². The summed E-state index contributed by atoms with van der Waals surface area (Å²) >= 11 is 1.40. The van der Waals surface area contributed by atoms with Gasteiger partial charge in [0.25, 0.3) is 5.91 Å². The summed E-state index contributed by atoms with van der Waals surface area (Å²) in [6.07, 6.45) is 5.56. The predicted octanol–water partition coefficient (Wildman–Crippen LogP) is 3.43. The smallest absolute Gasteiger partial charge is 0.263 e. The molecule has 0 saturated heterocycles. The lowest BCUT2D eigenvalue weighted by molar-refractivity contribution is 0.0930. The van der Waals surface area contributed by atoms with Crippen LogP contribution in [0.2, 0.25) is 0 Å². The van der Waals surface area contributed by atoms with Crippen LogP contribution in [-0.2, 0) is 0 Å². The first-order chi connectivity index (χ1) is 9.58. The number of nitrogens with zero attached hydrogens (tertiary/aromatic N) is 1. The summed E-state index contributed by atoms with van der Waals surface area (Å²) in [5.74, 6) is 0.416. The second-order valence-electron chi connectivity index (χ2n) is 5.06. The summed E-state index contributed by atoms with van der Waals surface area (Å²) < 4.78 is 0.949. The fourth-order valence-corrected chi connectivity index (χ4v) is 3.52. The summed E-state index contributed by atoms with van der Waals surface area (Å²) in [5, 5.41) is 3.98. The minimum atomic E-state index is -0.0805. The number of hydrogen-bond donors (Lipinski definition) is 2. The van der Waals surface area contributed by atoms with Crippen molar-refractivity contribution in [1.29, 1.82) is 0 Å². The van der Waals surface area contributed by atoms with E-state index in [0.717, 1.165) is 22.9 Å². The maximum absolute atomic E-state index is 12.4. The van der Waals surface area contributed by atoms with E-state index in [2.05, 4.69) is 31.1 Å². The number of carbonyl (C=O) groups is 1. The summed E-state index contributed by atoms with van der Waals surface area (Å²) in [6.45, 7) is 6.35. The first-order valence-corrected chi connectivity index (χ1v) is 7.82. The highest BCUT2D eigenvalue weighted by Crippen LogP contribution is 2.32. The third-order valence-corrected chi connectivity index (χ3v) is 5.01. The van der Waals surface area contributed by atoms with Crippen molar-refractivity contribution in [2.24, 2.45) is 5.92 Å². The molecule has 0 radical (unpaired) electrons. The molecule has 2 rings (SSSR count). The van der Waals surface area contributed by atoms with E-state index in [0.29, 0.717) is 16.5 Å². The molecule has 2 aromatic rings. The SMILES string of the molecule is CCC(CC)C(C)NC(=O)c1sc2cnccc2c1N. The maximum atomic E-state index is 12.4. The Bertz CT molecular complexity index is 604. The van der Waals surface area contributed by atoms with Crippen LogP contribution >= 0.6 is 11.3 Å². The number of thiophene rings is 1. The largest absolute Gasteiger partial charge is 0.397 e. The first-order valence-electron chi connectivity index (χ1n) is 7.01.